The number of nitro groups is 1. The lowest BCUT2D eigenvalue weighted by Crippen LogP contribution is -2.21. The van der Waals surface area contributed by atoms with E-state index in [0.717, 1.165) is 12.1 Å². The lowest BCUT2D eigenvalue weighted by atomic mass is 10.1. The minimum Gasteiger partial charge on any atom is -0.312 e. The standard InChI is InChI=1S/C12H15ClN2O2/c1-12(4-5-12)8-14-7-9-6-10(15(16)17)2-3-11(9)13/h2-3,6,14H,4-5,7-8H2,1H3. The molecule has 1 aliphatic rings. The van der Waals surface area contributed by atoms with Crippen molar-refractivity contribution in [2.45, 2.75) is 26.3 Å². The second-order valence-electron chi connectivity index (χ2n) is 4.95. The molecule has 1 aromatic rings. The van der Waals surface area contributed by atoms with Gasteiger partial charge in [0, 0.05) is 30.2 Å². The number of hydrogen-bond donors (Lipinski definition) is 1. The van der Waals surface area contributed by atoms with E-state index >= 15 is 0 Å². The van der Waals surface area contributed by atoms with E-state index in [9.17, 15) is 10.1 Å². The molecule has 0 unspecified atom stereocenters. The number of nitrogens with one attached hydrogen (secondary N) is 1. The highest BCUT2D eigenvalue weighted by Crippen LogP contribution is 2.44. The SMILES string of the molecule is CC1(CNCc2cc([N+](=O)[O-])ccc2Cl)CC1. The van der Waals surface area contributed by atoms with E-state index in [1.165, 1.54) is 25.0 Å². The van der Waals surface area contributed by atoms with Crippen molar-refractivity contribution < 1.29 is 4.92 Å². The fourth-order valence-electron chi connectivity index (χ4n) is 1.70. The van der Waals surface area contributed by atoms with Crippen LogP contribution in [0.25, 0.3) is 0 Å². The first-order chi connectivity index (χ1) is 8.00. The van der Waals surface area contributed by atoms with Crippen molar-refractivity contribution >= 4 is 17.3 Å². The van der Waals surface area contributed by atoms with Crippen molar-refractivity contribution in [2.75, 3.05) is 6.54 Å². The van der Waals surface area contributed by atoms with E-state index in [2.05, 4.69) is 12.2 Å². The number of halogens is 1. The first kappa shape index (κ1) is 12.3. The molecule has 0 aliphatic heterocycles. The normalized spacial score (nSPS) is 16.8. The fourth-order valence-corrected chi connectivity index (χ4v) is 1.88. The quantitative estimate of drug-likeness (QED) is 0.649. The minimum atomic E-state index is -0.401. The Labute approximate surface area is 105 Å². The van der Waals surface area contributed by atoms with Crippen LogP contribution < -0.4 is 5.32 Å². The van der Waals surface area contributed by atoms with Crippen molar-refractivity contribution in [1.29, 1.82) is 0 Å². The van der Waals surface area contributed by atoms with Crippen molar-refractivity contribution in [2.24, 2.45) is 5.41 Å². The summed E-state index contributed by atoms with van der Waals surface area (Å²) in [6.45, 7) is 3.75. The van der Waals surface area contributed by atoms with Crippen molar-refractivity contribution in [3.63, 3.8) is 0 Å². The van der Waals surface area contributed by atoms with E-state index in [1.54, 1.807) is 6.07 Å². The van der Waals surface area contributed by atoms with E-state index in [0.29, 0.717) is 17.0 Å². The molecule has 1 saturated carbocycles. The van der Waals surface area contributed by atoms with Gasteiger partial charge >= 0.3 is 0 Å². The highest BCUT2D eigenvalue weighted by atomic mass is 35.5. The Morgan fingerprint density at radius 1 is 1.53 bits per heavy atom. The number of non-ortho nitro benzene ring substituents is 1. The van der Waals surface area contributed by atoms with Crippen LogP contribution in [-0.4, -0.2) is 11.5 Å². The molecule has 2 rings (SSSR count). The molecule has 1 aliphatic carbocycles. The molecule has 0 heterocycles. The number of nitro benzene ring substituents is 1. The zero-order valence-corrected chi connectivity index (χ0v) is 10.5. The summed E-state index contributed by atoms with van der Waals surface area (Å²) in [6.07, 6.45) is 2.51. The predicted octanol–water partition coefficient (Wildman–Crippen LogP) is 3.14. The molecular weight excluding hydrogens is 240 g/mol. The van der Waals surface area contributed by atoms with Gasteiger partial charge in [-0.15, -0.1) is 0 Å². The second kappa shape index (κ2) is 4.63. The van der Waals surface area contributed by atoms with Crippen LogP contribution in [0.4, 0.5) is 5.69 Å². The lowest BCUT2D eigenvalue weighted by molar-refractivity contribution is -0.384. The van der Waals surface area contributed by atoms with E-state index in [-0.39, 0.29) is 5.69 Å². The average molecular weight is 255 g/mol. The molecule has 0 amide bonds. The zero-order chi connectivity index (χ0) is 12.5. The van der Waals surface area contributed by atoms with Crippen molar-refractivity contribution in [3.05, 3.63) is 38.9 Å². The monoisotopic (exact) mass is 254 g/mol. The molecule has 1 aromatic carbocycles. The summed E-state index contributed by atoms with van der Waals surface area (Å²) in [6, 6.07) is 4.54. The predicted molar refractivity (Wildman–Crippen MR) is 67.2 cm³/mol. The summed E-state index contributed by atoms with van der Waals surface area (Å²) in [5, 5.41) is 14.5. The Bertz CT molecular complexity index is 444. The molecule has 17 heavy (non-hydrogen) atoms. The van der Waals surface area contributed by atoms with Crippen LogP contribution in [0, 0.1) is 15.5 Å². The Balaban J connectivity index is 1.98. The minimum absolute atomic E-state index is 0.0869. The van der Waals surface area contributed by atoms with Gasteiger partial charge in [0.25, 0.3) is 5.69 Å². The van der Waals surface area contributed by atoms with Gasteiger partial charge in [0.15, 0.2) is 0 Å². The number of nitrogens with zero attached hydrogens (tertiary/aromatic N) is 1. The maximum Gasteiger partial charge on any atom is 0.269 e. The van der Waals surface area contributed by atoms with E-state index < -0.39 is 4.92 Å². The summed E-state index contributed by atoms with van der Waals surface area (Å²) in [5.74, 6) is 0. The molecule has 0 atom stereocenters. The number of rotatable bonds is 5. The third-order valence-electron chi connectivity index (χ3n) is 3.21. The van der Waals surface area contributed by atoms with E-state index in [4.69, 9.17) is 11.6 Å². The molecule has 1 fully saturated rings. The van der Waals surface area contributed by atoms with Crippen LogP contribution in [0.1, 0.15) is 25.3 Å². The van der Waals surface area contributed by atoms with Crippen LogP contribution in [0.2, 0.25) is 5.02 Å². The summed E-state index contributed by atoms with van der Waals surface area (Å²) < 4.78 is 0. The molecule has 0 bridgehead atoms. The smallest absolute Gasteiger partial charge is 0.269 e. The Morgan fingerprint density at radius 3 is 2.82 bits per heavy atom. The number of benzene rings is 1. The average Bonchev–Trinajstić information content (AvgIpc) is 2.99. The molecular formula is C12H15ClN2O2. The van der Waals surface area contributed by atoms with Crippen LogP contribution in [-0.2, 0) is 6.54 Å². The van der Waals surface area contributed by atoms with Gasteiger partial charge in [-0.1, -0.05) is 18.5 Å². The molecule has 0 saturated heterocycles. The zero-order valence-electron chi connectivity index (χ0n) is 9.70. The highest BCUT2D eigenvalue weighted by Gasteiger charge is 2.36. The molecule has 5 heteroatoms. The third kappa shape index (κ3) is 3.17. The van der Waals surface area contributed by atoms with Gasteiger partial charge < -0.3 is 5.32 Å². The Kier molecular flexibility index (Phi) is 3.35. The summed E-state index contributed by atoms with van der Waals surface area (Å²) >= 11 is 6.00. The molecule has 1 N–H and O–H groups in total. The summed E-state index contributed by atoms with van der Waals surface area (Å²) in [5.41, 5.74) is 1.29. The largest absolute Gasteiger partial charge is 0.312 e. The lowest BCUT2D eigenvalue weighted by Gasteiger charge is -2.10. The van der Waals surface area contributed by atoms with Crippen molar-refractivity contribution in [3.8, 4) is 0 Å². The summed E-state index contributed by atoms with van der Waals surface area (Å²) in [4.78, 5) is 10.2. The molecule has 0 aromatic heterocycles. The topological polar surface area (TPSA) is 55.2 Å². The highest BCUT2D eigenvalue weighted by molar-refractivity contribution is 6.31. The maximum absolute atomic E-state index is 10.6. The Hall–Kier alpha value is -1.13. The van der Waals surface area contributed by atoms with E-state index in [1.807, 2.05) is 0 Å². The van der Waals surface area contributed by atoms with Crippen molar-refractivity contribution in [1.82, 2.24) is 5.32 Å². The summed E-state index contributed by atoms with van der Waals surface area (Å²) in [7, 11) is 0. The Morgan fingerprint density at radius 2 is 2.24 bits per heavy atom. The van der Waals surface area contributed by atoms with Gasteiger partial charge in [0.2, 0.25) is 0 Å². The van der Waals surface area contributed by atoms with Crippen LogP contribution in [0.15, 0.2) is 18.2 Å². The van der Waals surface area contributed by atoms with Crippen LogP contribution in [0.3, 0.4) is 0 Å². The van der Waals surface area contributed by atoms with Crippen LogP contribution in [0.5, 0.6) is 0 Å². The van der Waals surface area contributed by atoms with Crippen LogP contribution >= 0.6 is 11.6 Å². The van der Waals surface area contributed by atoms with Gasteiger partial charge in [-0.2, -0.15) is 0 Å². The molecule has 0 spiro atoms. The third-order valence-corrected chi connectivity index (χ3v) is 3.58. The fraction of sp³-hybridized carbons (Fsp3) is 0.500. The molecule has 92 valence electrons. The van der Waals surface area contributed by atoms with Gasteiger partial charge in [0.05, 0.1) is 4.92 Å². The number of hydrogen-bond acceptors (Lipinski definition) is 3. The van der Waals surface area contributed by atoms with Gasteiger partial charge in [-0.25, -0.2) is 0 Å². The van der Waals surface area contributed by atoms with Gasteiger partial charge in [-0.05, 0) is 29.9 Å². The molecule has 4 nitrogen and oxygen atoms in total. The second-order valence-corrected chi connectivity index (χ2v) is 5.35. The first-order valence-corrected chi connectivity index (χ1v) is 6.02. The molecule has 0 radical (unpaired) electrons. The first-order valence-electron chi connectivity index (χ1n) is 5.64. The van der Waals surface area contributed by atoms with Gasteiger partial charge in [0.1, 0.15) is 0 Å². The van der Waals surface area contributed by atoms with Gasteiger partial charge in [-0.3, -0.25) is 10.1 Å². The maximum atomic E-state index is 10.6.